The first kappa shape index (κ1) is 20.4. The largest absolute Gasteiger partial charge is 0.358 e. The van der Waals surface area contributed by atoms with E-state index < -0.39 is 0 Å². The second kappa shape index (κ2) is 8.37. The maximum absolute atomic E-state index is 11.7. The monoisotopic (exact) mass is 414 g/mol. The second-order valence-corrected chi connectivity index (χ2v) is 8.79. The number of aromatic nitrogens is 3. The predicted octanol–water partition coefficient (Wildman–Crippen LogP) is 4.72. The number of rotatable bonds is 5. The first-order valence-electron chi connectivity index (χ1n) is 8.95. The van der Waals surface area contributed by atoms with Crippen LogP contribution in [0, 0.1) is 0 Å². The molecule has 28 heavy (non-hydrogen) atoms. The van der Waals surface area contributed by atoms with Crippen LogP contribution in [-0.2, 0) is 10.2 Å². The Bertz CT molecular complexity index is 960. The zero-order valence-corrected chi connectivity index (χ0v) is 17.9. The summed E-state index contributed by atoms with van der Waals surface area (Å²) in [7, 11) is 1.62. The first-order valence-corrected chi connectivity index (χ1v) is 10.3. The van der Waals surface area contributed by atoms with Gasteiger partial charge in [0.15, 0.2) is 11.0 Å². The molecule has 0 aliphatic heterocycles. The van der Waals surface area contributed by atoms with Crippen LogP contribution < -0.4 is 5.32 Å². The van der Waals surface area contributed by atoms with Crippen LogP contribution in [0.15, 0.2) is 53.7 Å². The van der Waals surface area contributed by atoms with Crippen molar-refractivity contribution >= 4 is 29.3 Å². The Kier molecular flexibility index (Phi) is 6.10. The van der Waals surface area contributed by atoms with E-state index in [1.807, 2.05) is 28.8 Å². The molecule has 0 bridgehead atoms. The zero-order valence-electron chi connectivity index (χ0n) is 16.4. The third kappa shape index (κ3) is 4.56. The molecule has 7 heteroatoms. The van der Waals surface area contributed by atoms with Gasteiger partial charge in [0, 0.05) is 23.3 Å². The zero-order chi connectivity index (χ0) is 20.3. The third-order valence-corrected chi connectivity index (χ3v) is 5.52. The molecule has 0 aliphatic rings. The molecule has 3 aromatic rings. The highest BCUT2D eigenvalue weighted by molar-refractivity contribution is 7.99. The fraction of sp³-hybridized carbons (Fsp3) is 0.286. The van der Waals surface area contributed by atoms with Gasteiger partial charge in [-0.3, -0.25) is 9.36 Å². The summed E-state index contributed by atoms with van der Waals surface area (Å²) >= 11 is 7.40. The Morgan fingerprint density at radius 2 is 1.71 bits per heavy atom. The lowest BCUT2D eigenvalue weighted by atomic mass is 9.87. The molecule has 3 rings (SSSR count). The van der Waals surface area contributed by atoms with Crippen molar-refractivity contribution in [2.45, 2.75) is 31.3 Å². The molecule has 0 fully saturated rings. The molecule has 2 aromatic carbocycles. The van der Waals surface area contributed by atoms with Gasteiger partial charge in [-0.15, -0.1) is 10.2 Å². The van der Waals surface area contributed by atoms with E-state index in [1.54, 1.807) is 7.05 Å². The van der Waals surface area contributed by atoms with Crippen molar-refractivity contribution in [3.63, 3.8) is 0 Å². The molecule has 1 amide bonds. The van der Waals surface area contributed by atoms with Gasteiger partial charge in [0.2, 0.25) is 5.91 Å². The number of nitrogens with zero attached hydrogens (tertiary/aromatic N) is 3. The summed E-state index contributed by atoms with van der Waals surface area (Å²) in [6.07, 6.45) is 0. The van der Waals surface area contributed by atoms with E-state index in [9.17, 15) is 4.79 Å². The van der Waals surface area contributed by atoms with Crippen molar-refractivity contribution in [1.82, 2.24) is 20.1 Å². The van der Waals surface area contributed by atoms with Gasteiger partial charge in [0.1, 0.15) is 0 Å². The molecule has 1 N–H and O–H groups in total. The van der Waals surface area contributed by atoms with Gasteiger partial charge < -0.3 is 5.32 Å². The summed E-state index contributed by atoms with van der Waals surface area (Å²) in [4.78, 5) is 11.7. The molecule has 5 nitrogen and oxygen atoms in total. The minimum atomic E-state index is -0.0632. The highest BCUT2D eigenvalue weighted by atomic mass is 35.5. The van der Waals surface area contributed by atoms with Crippen molar-refractivity contribution in [2.75, 3.05) is 12.8 Å². The molecule has 146 valence electrons. The number of nitrogens with one attached hydrogen (secondary N) is 1. The molecule has 0 atom stereocenters. The molecule has 1 heterocycles. The molecule has 0 unspecified atom stereocenters. The number of thioether (sulfide) groups is 1. The lowest BCUT2D eigenvalue weighted by Crippen LogP contribution is -2.20. The van der Waals surface area contributed by atoms with Crippen LogP contribution in [0.2, 0.25) is 5.02 Å². The van der Waals surface area contributed by atoms with Gasteiger partial charge >= 0.3 is 0 Å². The van der Waals surface area contributed by atoms with Gasteiger partial charge in [-0.2, -0.15) is 0 Å². The lowest BCUT2D eigenvalue weighted by Gasteiger charge is -2.19. The van der Waals surface area contributed by atoms with E-state index in [1.165, 1.54) is 17.3 Å². The quantitative estimate of drug-likeness (QED) is 0.613. The summed E-state index contributed by atoms with van der Waals surface area (Å²) in [5.41, 5.74) is 3.19. The minimum absolute atomic E-state index is 0.0632. The van der Waals surface area contributed by atoms with E-state index in [-0.39, 0.29) is 17.1 Å². The third-order valence-electron chi connectivity index (χ3n) is 4.34. The SMILES string of the molecule is CNC(=O)CSc1nnc(-c2ccc(C(C)(C)C)cc2)n1-c1ccc(Cl)cc1. The molecular weight excluding hydrogens is 392 g/mol. The van der Waals surface area contributed by atoms with Gasteiger partial charge in [-0.1, -0.05) is 68.4 Å². The van der Waals surface area contributed by atoms with Gasteiger partial charge in [-0.25, -0.2) is 0 Å². The van der Waals surface area contributed by atoms with Crippen LogP contribution in [0.3, 0.4) is 0 Å². The van der Waals surface area contributed by atoms with Crippen molar-refractivity contribution in [3.05, 3.63) is 59.1 Å². The number of hydrogen-bond acceptors (Lipinski definition) is 4. The standard InChI is InChI=1S/C21H23ClN4OS/c1-21(2,3)15-7-5-14(6-8-15)19-24-25-20(28-13-18(27)23-4)26(19)17-11-9-16(22)10-12-17/h5-12H,13H2,1-4H3,(H,23,27). The highest BCUT2D eigenvalue weighted by Crippen LogP contribution is 2.30. The number of halogens is 1. The van der Waals surface area contributed by atoms with Crippen LogP contribution in [-0.4, -0.2) is 33.5 Å². The Morgan fingerprint density at radius 3 is 2.29 bits per heavy atom. The smallest absolute Gasteiger partial charge is 0.230 e. The van der Waals surface area contributed by atoms with E-state index in [0.717, 1.165) is 17.1 Å². The number of amides is 1. The highest BCUT2D eigenvalue weighted by Gasteiger charge is 2.18. The Morgan fingerprint density at radius 1 is 1.07 bits per heavy atom. The number of carbonyl (C=O) groups is 1. The van der Waals surface area contributed by atoms with Crippen molar-refractivity contribution in [2.24, 2.45) is 0 Å². The predicted molar refractivity (Wildman–Crippen MR) is 115 cm³/mol. The molecule has 0 radical (unpaired) electrons. The van der Waals surface area contributed by atoms with Crippen molar-refractivity contribution < 1.29 is 4.79 Å². The van der Waals surface area contributed by atoms with Crippen LogP contribution in [0.25, 0.3) is 17.1 Å². The van der Waals surface area contributed by atoms with E-state index in [2.05, 4.69) is 60.6 Å². The number of carbonyl (C=O) groups excluding carboxylic acids is 1. The Hall–Kier alpha value is -2.31. The van der Waals surface area contributed by atoms with Crippen molar-refractivity contribution in [3.8, 4) is 17.1 Å². The average molecular weight is 415 g/mol. The summed E-state index contributed by atoms with van der Waals surface area (Å²) < 4.78 is 1.95. The van der Waals surface area contributed by atoms with Crippen LogP contribution in [0.4, 0.5) is 0 Å². The summed E-state index contributed by atoms with van der Waals surface area (Å²) in [5, 5.41) is 12.7. The number of hydrogen-bond donors (Lipinski definition) is 1. The maximum Gasteiger partial charge on any atom is 0.230 e. The summed E-state index contributed by atoms with van der Waals surface area (Å²) in [6, 6.07) is 15.9. The topological polar surface area (TPSA) is 59.8 Å². The molecule has 1 aromatic heterocycles. The van der Waals surface area contributed by atoms with E-state index in [0.29, 0.717) is 10.2 Å². The molecule has 0 aliphatic carbocycles. The molecule has 0 saturated carbocycles. The summed E-state index contributed by atoms with van der Waals surface area (Å²) in [6.45, 7) is 6.56. The first-order chi connectivity index (χ1) is 13.3. The van der Waals surface area contributed by atoms with Gasteiger partial charge in [0.05, 0.1) is 5.75 Å². The Balaban J connectivity index is 2.04. The molecule has 0 spiro atoms. The fourth-order valence-electron chi connectivity index (χ4n) is 2.69. The van der Waals surface area contributed by atoms with E-state index in [4.69, 9.17) is 11.6 Å². The lowest BCUT2D eigenvalue weighted by molar-refractivity contribution is -0.118. The maximum atomic E-state index is 11.7. The average Bonchev–Trinajstić information content (AvgIpc) is 3.10. The number of benzene rings is 2. The molecule has 0 saturated heterocycles. The second-order valence-electron chi connectivity index (χ2n) is 7.41. The Labute approximate surface area is 174 Å². The fourth-order valence-corrected chi connectivity index (χ4v) is 3.64. The minimum Gasteiger partial charge on any atom is -0.358 e. The van der Waals surface area contributed by atoms with Crippen molar-refractivity contribution in [1.29, 1.82) is 0 Å². The van der Waals surface area contributed by atoms with Crippen LogP contribution in [0.1, 0.15) is 26.3 Å². The van der Waals surface area contributed by atoms with Crippen LogP contribution in [0.5, 0.6) is 0 Å². The van der Waals surface area contributed by atoms with Gasteiger partial charge in [-0.05, 0) is 35.2 Å². The van der Waals surface area contributed by atoms with Crippen LogP contribution >= 0.6 is 23.4 Å². The molecular formula is C21H23ClN4OS. The van der Waals surface area contributed by atoms with E-state index >= 15 is 0 Å². The van der Waals surface area contributed by atoms with Gasteiger partial charge in [0.25, 0.3) is 0 Å². The summed E-state index contributed by atoms with van der Waals surface area (Å²) in [5.74, 6) is 0.930. The normalized spacial score (nSPS) is 11.5.